The van der Waals surface area contributed by atoms with Crippen LogP contribution < -0.4 is 0 Å². The third-order valence-corrected chi connectivity index (χ3v) is 3.18. The Morgan fingerprint density at radius 1 is 1.31 bits per heavy atom. The fraction of sp³-hybridized carbons (Fsp3) is 0.467. The van der Waals surface area contributed by atoms with Crippen molar-refractivity contribution in [1.29, 1.82) is 0 Å². The highest BCUT2D eigenvalue weighted by molar-refractivity contribution is 5.21. The summed E-state index contributed by atoms with van der Waals surface area (Å²) >= 11 is 0. The second-order valence-electron chi connectivity index (χ2n) is 4.72. The van der Waals surface area contributed by atoms with Gasteiger partial charge in [-0.1, -0.05) is 43.0 Å². The molecule has 1 heteroatoms. The predicted molar refractivity (Wildman–Crippen MR) is 70.2 cm³/mol. The summed E-state index contributed by atoms with van der Waals surface area (Å²) in [6.45, 7) is 14.0. The van der Waals surface area contributed by atoms with Gasteiger partial charge in [0.15, 0.2) is 0 Å². The van der Waals surface area contributed by atoms with Gasteiger partial charge in [0.1, 0.15) is 0 Å². The zero-order valence-electron chi connectivity index (χ0n) is 10.2. The standard InChI is InChI=1S/C15H22O/c1-11(2)14-8-5-12(3)6-10-15(16)13(4)7-9-14/h5,8,14-16H,1,3-4,6-7,9-10H2,2H3. The quantitative estimate of drug-likeness (QED) is 0.664. The van der Waals surface area contributed by atoms with Gasteiger partial charge in [-0.25, -0.2) is 0 Å². The lowest BCUT2D eigenvalue weighted by molar-refractivity contribution is 0.196. The molecule has 2 atom stereocenters. The summed E-state index contributed by atoms with van der Waals surface area (Å²) in [4.78, 5) is 0. The molecular weight excluding hydrogens is 196 g/mol. The highest BCUT2D eigenvalue weighted by Gasteiger charge is 2.13. The molecule has 0 aromatic carbocycles. The van der Waals surface area contributed by atoms with Crippen LogP contribution in [0.25, 0.3) is 0 Å². The smallest absolute Gasteiger partial charge is 0.0750 e. The Bertz CT molecular complexity index is 322. The number of aliphatic hydroxyl groups is 1. The van der Waals surface area contributed by atoms with E-state index >= 15 is 0 Å². The molecular formula is C15H22O. The fourth-order valence-electron chi connectivity index (χ4n) is 1.88. The van der Waals surface area contributed by atoms with Gasteiger partial charge < -0.3 is 5.11 Å². The summed E-state index contributed by atoms with van der Waals surface area (Å²) in [6.07, 6.45) is 7.29. The van der Waals surface area contributed by atoms with Crippen LogP contribution in [0.1, 0.15) is 32.6 Å². The molecule has 1 N–H and O–H groups in total. The number of aliphatic hydroxyl groups excluding tert-OH is 1. The second kappa shape index (κ2) is 5.86. The lowest BCUT2D eigenvalue weighted by Gasteiger charge is -2.19. The molecule has 0 saturated heterocycles. The normalized spacial score (nSPS) is 27.9. The molecule has 1 aliphatic rings. The summed E-state index contributed by atoms with van der Waals surface area (Å²) in [5, 5.41) is 9.85. The minimum Gasteiger partial charge on any atom is -0.389 e. The highest BCUT2D eigenvalue weighted by atomic mass is 16.3. The average molecular weight is 218 g/mol. The molecule has 1 nitrogen and oxygen atoms in total. The third-order valence-electron chi connectivity index (χ3n) is 3.18. The van der Waals surface area contributed by atoms with Crippen LogP contribution in [0.5, 0.6) is 0 Å². The van der Waals surface area contributed by atoms with Crippen molar-refractivity contribution in [3.05, 3.63) is 48.6 Å². The predicted octanol–water partition coefficient (Wildman–Crippen LogP) is 3.78. The lowest BCUT2D eigenvalue weighted by Crippen LogP contribution is -2.12. The molecule has 0 saturated carbocycles. The van der Waals surface area contributed by atoms with Crippen molar-refractivity contribution in [2.45, 2.75) is 38.7 Å². The number of rotatable bonds is 1. The summed E-state index contributed by atoms with van der Waals surface area (Å²) in [6, 6.07) is 0. The van der Waals surface area contributed by atoms with Crippen LogP contribution in [0.4, 0.5) is 0 Å². The molecule has 0 radical (unpaired) electrons. The van der Waals surface area contributed by atoms with Gasteiger partial charge in [0.25, 0.3) is 0 Å². The van der Waals surface area contributed by atoms with Crippen LogP contribution in [0.15, 0.2) is 48.6 Å². The maximum Gasteiger partial charge on any atom is 0.0750 e. The number of hydrogen-bond donors (Lipinski definition) is 1. The van der Waals surface area contributed by atoms with Gasteiger partial charge in [0.2, 0.25) is 0 Å². The Morgan fingerprint density at radius 3 is 2.62 bits per heavy atom. The van der Waals surface area contributed by atoms with Crippen LogP contribution in [0.2, 0.25) is 0 Å². The van der Waals surface area contributed by atoms with Gasteiger partial charge in [-0.05, 0) is 44.1 Å². The molecule has 88 valence electrons. The molecule has 0 heterocycles. The van der Waals surface area contributed by atoms with Crippen molar-refractivity contribution in [2.24, 2.45) is 5.92 Å². The van der Waals surface area contributed by atoms with E-state index in [-0.39, 0.29) is 6.10 Å². The van der Waals surface area contributed by atoms with Crippen molar-refractivity contribution in [3.8, 4) is 0 Å². The minimum absolute atomic E-state index is 0.374. The molecule has 0 aromatic heterocycles. The second-order valence-corrected chi connectivity index (χ2v) is 4.72. The summed E-state index contributed by atoms with van der Waals surface area (Å²) in [7, 11) is 0. The van der Waals surface area contributed by atoms with E-state index in [1.165, 1.54) is 0 Å². The van der Waals surface area contributed by atoms with Crippen molar-refractivity contribution in [1.82, 2.24) is 0 Å². The maximum atomic E-state index is 9.85. The van der Waals surface area contributed by atoms with Crippen molar-refractivity contribution >= 4 is 0 Å². The Hall–Kier alpha value is -1.08. The van der Waals surface area contributed by atoms with E-state index in [2.05, 4.69) is 31.9 Å². The highest BCUT2D eigenvalue weighted by Crippen LogP contribution is 2.25. The van der Waals surface area contributed by atoms with Crippen LogP contribution in [-0.2, 0) is 0 Å². The number of allylic oxidation sites excluding steroid dienone is 4. The fourth-order valence-corrected chi connectivity index (χ4v) is 1.88. The first-order valence-corrected chi connectivity index (χ1v) is 5.88. The molecule has 0 fully saturated rings. The van der Waals surface area contributed by atoms with Crippen molar-refractivity contribution in [2.75, 3.05) is 0 Å². The van der Waals surface area contributed by atoms with E-state index in [1.807, 2.05) is 6.92 Å². The third kappa shape index (κ3) is 3.82. The summed E-state index contributed by atoms with van der Waals surface area (Å²) < 4.78 is 0. The first-order chi connectivity index (χ1) is 7.50. The molecule has 0 aromatic rings. The zero-order valence-corrected chi connectivity index (χ0v) is 10.2. The van der Waals surface area contributed by atoms with Crippen LogP contribution >= 0.6 is 0 Å². The van der Waals surface area contributed by atoms with E-state index in [4.69, 9.17) is 0 Å². The topological polar surface area (TPSA) is 20.2 Å². The molecule has 2 unspecified atom stereocenters. The van der Waals surface area contributed by atoms with E-state index in [0.717, 1.165) is 42.4 Å². The zero-order chi connectivity index (χ0) is 12.1. The van der Waals surface area contributed by atoms with Crippen molar-refractivity contribution < 1.29 is 5.11 Å². The van der Waals surface area contributed by atoms with Gasteiger partial charge >= 0.3 is 0 Å². The van der Waals surface area contributed by atoms with Crippen LogP contribution in [0.3, 0.4) is 0 Å². The van der Waals surface area contributed by atoms with Gasteiger partial charge in [-0.15, -0.1) is 0 Å². The first-order valence-electron chi connectivity index (χ1n) is 5.88. The van der Waals surface area contributed by atoms with E-state index in [9.17, 15) is 5.11 Å². The summed E-state index contributed by atoms with van der Waals surface area (Å²) in [5.41, 5.74) is 3.17. The van der Waals surface area contributed by atoms with Gasteiger partial charge in [-0.2, -0.15) is 0 Å². The Morgan fingerprint density at radius 2 is 2.00 bits per heavy atom. The monoisotopic (exact) mass is 218 g/mol. The Labute approximate surface area is 98.9 Å². The Kier molecular flexibility index (Phi) is 4.75. The van der Waals surface area contributed by atoms with E-state index in [0.29, 0.717) is 5.92 Å². The SMILES string of the molecule is C=C1C=CC(C(=C)C)CCC(=C)C(O)CC1. The average Bonchev–Trinajstić information content (AvgIpc) is 2.23. The Balaban J connectivity index is 2.78. The molecule has 0 aliphatic heterocycles. The maximum absolute atomic E-state index is 9.85. The van der Waals surface area contributed by atoms with Gasteiger partial charge in [-0.3, -0.25) is 0 Å². The van der Waals surface area contributed by atoms with E-state index < -0.39 is 0 Å². The molecule has 0 spiro atoms. The van der Waals surface area contributed by atoms with Crippen molar-refractivity contribution in [3.63, 3.8) is 0 Å². The molecule has 0 amide bonds. The molecule has 16 heavy (non-hydrogen) atoms. The number of hydrogen-bond acceptors (Lipinski definition) is 1. The molecule has 0 bridgehead atoms. The van der Waals surface area contributed by atoms with E-state index in [1.54, 1.807) is 0 Å². The first kappa shape index (κ1) is 13.0. The minimum atomic E-state index is -0.381. The summed E-state index contributed by atoms with van der Waals surface area (Å²) in [5.74, 6) is 0.374. The van der Waals surface area contributed by atoms with Gasteiger partial charge in [0, 0.05) is 0 Å². The largest absolute Gasteiger partial charge is 0.389 e. The van der Waals surface area contributed by atoms with Crippen LogP contribution in [-0.4, -0.2) is 11.2 Å². The molecule has 1 aliphatic carbocycles. The van der Waals surface area contributed by atoms with Gasteiger partial charge in [0.05, 0.1) is 6.10 Å². The lowest BCUT2D eigenvalue weighted by atomic mass is 9.89. The van der Waals surface area contributed by atoms with Crippen LogP contribution in [0, 0.1) is 5.92 Å². The molecule has 1 rings (SSSR count).